The minimum Gasteiger partial charge on any atom is -0.460 e. The number of carbonyl (C=O) groups excluding carboxylic acids is 6. The summed E-state index contributed by atoms with van der Waals surface area (Å²) in [5, 5.41) is 11.9. The highest BCUT2D eigenvalue weighted by Crippen LogP contribution is 2.17. The zero-order valence-electron chi connectivity index (χ0n) is 38.4. The Labute approximate surface area is 385 Å². The summed E-state index contributed by atoms with van der Waals surface area (Å²) < 4.78 is 47.2. The molecule has 17 nitrogen and oxygen atoms in total. The molecule has 3 aromatic carbocycles. The highest BCUT2D eigenvalue weighted by atomic mass is 32.2. The molecular formula is C48H59N5O12S. The molecule has 1 aromatic heterocycles. The number of amides is 4. The SMILES string of the molecule is CC(C)[C@H](NC(=O)[C@H](Cc1ccc2ccccc2n1)NC(=O)[C@H](CC(=O)OC(C)(C)C)NC(=O)OCc1ccccc1)C(=O)NC(/C=C/S(=O)(=O)Oc1ccccc1)CC(=O)OC(C)(C)C. The van der Waals surface area contributed by atoms with E-state index in [2.05, 4.69) is 26.3 Å². The third-order valence-corrected chi connectivity index (χ3v) is 10.0. The predicted octanol–water partition coefficient (Wildman–Crippen LogP) is 5.57. The average Bonchev–Trinajstić information content (AvgIpc) is 3.22. The van der Waals surface area contributed by atoms with Crippen LogP contribution >= 0.6 is 0 Å². The third kappa shape index (κ3) is 18.3. The number of pyridine rings is 1. The number of hydrogen-bond donors (Lipinski definition) is 4. The van der Waals surface area contributed by atoms with Crippen molar-refractivity contribution in [3.63, 3.8) is 0 Å². The summed E-state index contributed by atoms with van der Waals surface area (Å²) in [6.07, 6.45) is -1.30. The summed E-state index contributed by atoms with van der Waals surface area (Å²) in [4.78, 5) is 86.4. The lowest BCUT2D eigenvalue weighted by Gasteiger charge is -2.28. The number of esters is 2. The summed E-state index contributed by atoms with van der Waals surface area (Å²) in [6.45, 7) is 13.0. The van der Waals surface area contributed by atoms with Crippen LogP contribution in [0.5, 0.6) is 5.75 Å². The lowest BCUT2D eigenvalue weighted by atomic mass is 10.0. The maximum atomic E-state index is 14.4. The minimum atomic E-state index is -4.37. The van der Waals surface area contributed by atoms with Crippen LogP contribution in [0.2, 0.25) is 0 Å². The van der Waals surface area contributed by atoms with Gasteiger partial charge in [-0.25, -0.2) is 4.79 Å². The van der Waals surface area contributed by atoms with E-state index >= 15 is 0 Å². The van der Waals surface area contributed by atoms with Crippen molar-refractivity contribution in [1.29, 1.82) is 0 Å². The highest BCUT2D eigenvalue weighted by molar-refractivity contribution is 7.90. The van der Waals surface area contributed by atoms with Gasteiger partial charge in [0.15, 0.2) is 0 Å². The number of nitrogens with one attached hydrogen (secondary N) is 4. The van der Waals surface area contributed by atoms with E-state index in [0.29, 0.717) is 22.2 Å². The second-order valence-corrected chi connectivity index (χ2v) is 19.1. The second kappa shape index (κ2) is 23.4. The van der Waals surface area contributed by atoms with E-state index in [1.807, 2.05) is 12.1 Å². The Morgan fingerprint density at radius 3 is 1.85 bits per heavy atom. The van der Waals surface area contributed by atoms with Crippen molar-refractivity contribution < 1.29 is 55.6 Å². The van der Waals surface area contributed by atoms with Crippen LogP contribution in [-0.2, 0) is 61.3 Å². The van der Waals surface area contributed by atoms with Crippen LogP contribution in [-0.4, -0.2) is 84.5 Å². The minimum absolute atomic E-state index is 0.0351. The van der Waals surface area contributed by atoms with Crippen molar-refractivity contribution in [2.24, 2.45) is 5.92 Å². The zero-order chi connectivity index (χ0) is 48.7. The summed E-state index contributed by atoms with van der Waals surface area (Å²) in [7, 11) is -4.37. The van der Waals surface area contributed by atoms with Crippen molar-refractivity contribution in [1.82, 2.24) is 26.3 Å². The molecule has 0 spiro atoms. The maximum absolute atomic E-state index is 14.4. The number of hydrogen-bond acceptors (Lipinski definition) is 13. The predicted molar refractivity (Wildman–Crippen MR) is 246 cm³/mol. The molecule has 4 N–H and O–H groups in total. The van der Waals surface area contributed by atoms with E-state index in [1.165, 1.54) is 12.1 Å². The Bertz CT molecular complexity index is 2450. The van der Waals surface area contributed by atoms with Crippen LogP contribution < -0.4 is 25.5 Å². The fraction of sp³-hybridized carbons (Fsp3) is 0.396. The van der Waals surface area contributed by atoms with Crippen molar-refractivity contribution in [3.05, 3.63) is 120 Å². The molecule has 0 aliphatic heterocycles. The summed E-state index contributed by atoms with van der Waals surface area (Å²) >= 11 is 0. The van der Waals surface area contributed by atoms with Crippen molar-refractivity contribution >= 4 is 56.8 Å². The van der Waals surface area contributed by atoms with Gasteiger partial charge in [-0.2, -0.15) is 8.42 Å². The van der Waals surface area contributed by atoms with Gasteiger partial charge in [0.2, 0.25) is 17.7 Å². The Kier molecular flexibility index (Phi) is 18.4. The average molecular weight is 930 g/mol. The lowest BCUT2D eigenvalue weighted by Crippen LogP contribution is -2.59. The molecule has 0 aliphatic carbocycles. The lowest BCUT2D eigenvalue weighted by molar-refractivity contribution is -0.157. The van der Waals surface area contributed by atoms with E-state index in [-0.39, 0.29) is 18.8 Å². The smallest absolute Gasteiger partial charge is 0.408 e. The highest BCUT2D eigenvalue weighted by Gasteiger charge is 2.34. The molecule has 0 aliphatic rings. The number of para-hydroxylation sites is 2. The van der Waals surface area contributed by atoms with Crippen molar-refractivity contribution in [2.75, 3.05) is 0 Å². The summed E-state index contributed by atoms with van der Waals surface area (Å²) in [5.41, 5.74) is -0.200. The van der Waals surface area contributed by atoms with E-state index in [0.717, 1.165) is 11.5 Å². The van der Waals surface area contributed by atoms with Crippen LogP contribution in [0.15, 0.2) is 109 Å². The van der Waals surface area contributed by atoms with Gasteiger partial charge in [-0.3, -0.25) is 29.0 Å². The van der Waals surface area contributed by atoms with Crippen molar-refractivity contribution in [2.45, 2.75) is 117 Å². The largest absolute Gasteiger partial charge is 0.460 e. The number of aromatic nitrogens is 1. The van der Waals surface area contributed by atoms with Crippen LogP contribution in [0.4, 0.5) is 4.79 Å². The number of ether oxygens (including phenoxy) is 3. The van der Waals surface area contributed by atoms with Gasteiger partial charge in [-0.05, 0) is 83.4 Å². The topological polar surface area (TPSA) is 234 Å². The standard InChI is InChI=1S/C48H59N5O12S/c1-31(2)42(45(58)50-35(28-40(54)63-47(3,4)5)25-26-66(60,61)65-36-20-13-10-14-21-36)53-44(57)38(27-34-24-23-33-19-15-16-22-37(33)49-34)51-43(56)39(29-41(55)64-48(6,7)8)52-46(59)62-30-32-17-11-9-12-18-32/h9-26,31,35,38-39,42H,27-30H2,1-8H3,(H,50,58)(H,51,56)(H,52,59)(H,53,57)/b26-25+/t35?,38-,39-,42-/m0/s1. The molecule has 18 heteroatoms. The number of nitrogens with zero attached hydrogens (tertiary/aromatic N) is 1. The number of benzene rings is 3. The quantitative estimate of drug-likeness (QED) is 0.0483. The van der Waals surface area contributed by atoms with Gasteiger partial charge in [-0.1, -0.05) is 86.6 Å². The molecular weight excluding hydrogens is 871 g/mol. The van der Waals surface area contributed by atoms with E-state index in [4.69, 9.17) is 18.4 Å². The van der Waals surface area contributed by atoms with Crippen LogP contribution in [0.3, 0.4) is 0 Å². The van der Waals surface area contributed by atoms with E-state index in [9.17, 15) is 37.2 Å². The van der Waals surface area contributed by atoms with Crippen LogP contribution in [0, 0.1) is 5.92 Å². The molecule has 0 radical (unpaired) electrons. The van der Waals surface area contributed by atoms with Gasteiger partial charge in [0, 0.05) is 17.5 Å². The van der Waals surface area contributed by atoms with E-state index < -0.39 is 100 Å². The Morgan fingerprint density at radius 2 is 1.23 bits per heavy atom. The molecule has 0 saturated heterocycles. The maximum Gasteiger partial charge on any atom is 0.408 e. The fourth-order valence-electron chi connectivity index (χ4n) is 6.20. The Balaban J connectivity index is 1.62. The van der Waals surface area contributed by atoms with Gasteiger partial charge in [0.25, 0.3) is 0 Å². The first-order valence-electron chi connectivity index (χ1n) is 21.3. The molecule has 4 rings (SSSR count). The van der Waals surface area contributed by atoms with Gasteiger partial charge in [-0.15, -0.1) is 0 Å². The van der Waals surface area contributed by atoms with Crippen molar-refractivity contribution in [3.8, 4) is 5.75 Å². The fourth-order valence-corrected chi connectivity index (χ4v) is 7.02. The number of carbonyl (C=O) groups is 6. The third-order valence-electron chi connectivity index (χ3n) is 9.13. The molecule has 4 amide bonds. The first-order valence-corrected chi connectivity index (χ1v) is 22.8. The number of rotatable bonds is 20. The van der Waals surface area contributed by atoms with E-state index in [1.54, 1.807) is 128 Å². The normalized spacial score (nSPS) is 13.7. The zero-order valence-corrected chi connectivity index (χ0v) is 39.2. The monoisotopic (exact) mass is 929 g/mol. The van der Waals surface area contributed by atoms with Gasteiger partial charge >= 0.3 is 28.1 Å². The first kappa shape index (κ1) is 51.8. The molecule has 1 unspecified atom stereocenters. The van der Waals surface area contributed by atoms with Crippen LogP contribution in [0.1, 0.15) is 79.5 Å². The second-order valence-electron chi connectivity index (χ2n) is 17.7. The van der Waals surface area contributed by atoms with Gasteiger partial charge < -0.3 is 39.7 Å². The van der Waals surface area contributed by atoms with Gasteiger partial charge in [0.1, 0.15) is 41.7 Å². The Morgan fingerprint density at radius 1 is 0.652 bits per heavy atom. The van der Waals surface area contributed by atoms with Crippen LogP contribution in [0.25, 0.3) is 10.9 Å². The summed E-state index contributed by atoms with van der Waals surface area (Å²) in [6, 6.07) is 21.6. The molecule has 0 bridgehead atoms. The molecule has 4 atom stereocenters. The number of fused-ring (bicyclic) bond motifs is 1. The summed E-state index contributed by atoms with van der Waals surface area (Å²) in [5.74, 6) is -4.77. The number of alkyl carbamates (subject to hydrolysis) is 1. The molecule has 66 heavy (non-hydrogen) atoms. The molecule has 354 valence electrons. The molecule has 1 heterocycles. The Hall–Kier alpha value is -6.82. The molecule has 0 saturated carbocycles. The molecule has 4 aromatic rings. The van der Waals surface area contributed by atoms with Gasteiger partial charge in [0.05, 0.1) is 29.8 Å². The molecule has 0 fully saturated rings. The first-order chi connectivity index (χ1) is 30.9.